The summed E-state index contributed by atoms with van der Waals surface area (Å²) in [5.41, 5.74) is 8.89. The number of hydrogen-bond acceptors (Lipinski definition) is 0. The molecule has 0 nitrogen and oxygen atoms in total. The fourth-order valence-corrected chi connectivity index (χ4v) is 6.39. The number of allylic oxidation sites excluding steroid dienone is 4. The van der Waals surface area contributed by atoms with E-state index >= 15 is 0 Å². The highest BCUT2D eigenvalue weighted by molar-refractivity contribution is 6.84. The van der Waals surface area contributed by atoms with Crippen molar-refractivity contribution in [3.63, 3.8) is 0 Å². The van der Waals surface area contributed by atoms with Gasteiger partial charge in [-0.15, -0.1) is 0 Å². The van der Waals surface area contributed by atoms with Crippen molar-refractivity contribution in [1.82, 2.24) is 0 Å². The predicted octanol–water partition coefficient (Wildman–Crippen LogP) is 4.84. The van der Waals surface area contributed by atoms with E-state index < -0.39 is 8.80 Å². The highest BCUT2D eigenvalue weighted by atomic mass is 28.3. The molecule has 0 atom stereocenters. The summed E-state index contributed by atoms with van der Waals surface area (Å²) in [5.74, 6) is 0. The molecule has 0 aromatic heterocycles. The second kappa shape index (κ2) is 6.26. The second-order valence-corrected chi connectivity index (χ2v) is 9.53. The first-order valence-corrected chi connectivity index (χ1v) is 11.3. The maximum atomic E-state index is 2.44. The average molecular weight is 350 g/mol. The number of fused-ring (bicyclic) bond motifs is 3. The quantitative estimate of drug-likeness (QED) is 0.464. The Morgan fingerprint density at radius 1 is 0.808 bits per heavy atom. The van der Waals surface area contributed by atoms with Gasteiger partial charge in [0, 0.05) is 0 Å². The van der Waals surface area contributed by atoms with Gasteiger partial charge in [0.05, 0.1) is 0 Å². The molecule has 125 valence electrons. The van der Waals surface area contributed by atoms with Crippen LogP contribution in [0.25, 0.3) is 16.7 Å². The van der Waals surface area contributed by atoms with Crippen LogP contribution in [-0.2, 0) is 6.42 Å². The Hall–Kier alpha value is -2.64. The van der Waals surface area contributed by atoms with Gasteiger partial charge in [0.15, 0.2) is 0 Å². The van der Waals surface area contributed by atoms with Crippen molar-refractivity contribution in [2.45, 2.75) is 19.4 Å². The minimum absolute atomic E-state index is 0.787. The van der Waals surface area contributed by atoms with Crippen molar-refractivity contribution in [2.24, 2.45) is 0 Å². The van der Waals surface area contributed by atoms with E-state index in [0.29, 0.717) is 0 Å². The minimum Gasteiger partial charge on any atom is -0.0801 e. The molecule has 0 N–H and O–H groups in total. The summed E-state index contributed by atoms with van der Waals surface area (Å²) >= 11 is 0. The van der Waals surface area contributed by atoms with E-state index in [-0.39, 0.29) is 0 Å². The molecular weight excluding hydrogens is 328 g/mol. The Kier molecular flexibility index (Phi) is 3.76. The Balaban J connectivity index is 1.71. The van der Waals surface area contributed by atoms with Gasteiger partial charge in [0.1, 0.15) is 8.80 Å². The number of rotatable bonds is 3. The molecule has 3 aromatic carbocycles. The third kappa shape index (κ3) is 2.43. The lowest BCUT2D eigenvalue weighted by atomic mass is 9.95. The second-order valence-electron chi connectivity index (χ2n) is 7.16. The van der Waals surface area contributed by atoms with Crippen LogP contribution < -0.4 is 10.4 Å². The standard InChI is InChI=1S/C25H21Si/c1-26(20-12-3-2-4-13-20)24-16-15-22-21-14-8-7-11-19(21)17-23(22)25(24)18-9-5-6-10-18/h2-9,11-16H,10,17H2,1H3. The van der Waals surface area contributed by atoms with E-state index in [1.807, 2.05) is 0 Å². The molecule has 1 heteroatoms. The van der Waals surface area contributed by atoms with Crippen LogP contribution in [0.1, 0.15) is 23.1 Å². The van der Waals surface area contributed by atoms with Crippen LogP contribution in [0.4, 0.5) is 0 Å². The average Bonchev–Trinajstić information content (AvgIpc) is 3.35. The highest BCUT2D eigenvalue weighted by Crippen LogP contribution is 2.40. The number of hydrogen-bond donors (Lipinski definition) is 0. The van der Waals surface area contributed by atoms with Crippen LogP contribution in [0.15, 0.2) is 85.0 Å². The SMILES string of the molecule is C[Si](c1ccccc1)c1ccc2c(c1C1=CC=CC1)Cc1ccccc1-2. The molecule has 0 fully saturated rings. The first-order chi connectivity index (χ1) is 12.8. The predicted molar refractivity (Wildman–Crippen MR) is 114 cm³/mol. The first kappa shape index (κ1) is 15.6. The molecule has 0 aliphatic heterocycles. The van der Waals surface area contributed by atoms with Crippen LogP contribution in [0.5, 0.6) is 0 Å². The Morgan fingerprint density at radius 3 is 2.42 bits per heavy atom. The van der Waals surface area contributed by atoms with Gasteiger partial charge in [-0.2, -0.15) is 0 Å². The Labute approximate surface area is 157 Å². The largest absolute Gasteiger partial charge is 0.119 e. The van der Waals surface area contributed by atoms with Crippen molar-refractivity contribution < 1.29 is 0 Å². The third-order valence-electron chi connectivity index (χ3n) is 5.69. The summed E-state index contributed by atoms with van der Waals surface area (Å²) in [5, 5.41) is 3.04. The van der Waals surface area contributed by atoms with Gasteiger partial charge >= 0.3 is 0 Å². The van der Waals surface area contributed by atoms with Gasteiger partial charge in [0.2, 0.25) is 0 Å². The zero-order valence-electron chi connectivity index (χ0n) is 15.0. The third-order valence-corrected chi connectivity index (χ3v) is 8.11. The van der Waals surface area contributed by atoms with Gasteiger partial charge in [-0.25, -0.2) is 0 Å². The molecule has 0 saturated carbocycles. The molecule has 0 bridgehead atoms. The lowest BCUT2D eigenvalue weighted by Crippen LogP contribution is -2.41. The summed E-state index contributed by atoms with van der Waals surface area (Å²) in [6.45, 7) is 2.44. The van der Waals surface area contributed by atoms with Gasteiger partial charge in [-0.05, 0) is 51.4 Å². The lowest BCUT2D eigenvalue weighted by molar-refractivity contribution is 1.24. The molecule has 26 heavy (non-hydrogen) atoms. The molecule has 5 rings (SSSR count). The maximum absolute atomic E-state index is 2.44. The fraction of sp³-hybridized carbons (Fsp3) is 0.120. The van der Waals surface area contributed by atoms with Gasteiger partial charge in [-0.3, -0.25) is 0 Å². The fourth-order valence-electron chi connectivity index (χ4n) is 4.37. The Bertz CT molecular complexity index is 1040. The zero-order valence-corrected chi connectivity index (χ0v) is 16.0. The molecule has 0 amide bonds. The molecule has 0 heterocycles. The van der Waals surface area contributed by atoms with Gasteiger partial charge in [0.25, 0.3) is 0 Å². The van der Waals surface area contributed by atoms with Crippen LogP contribution in [0.3, 0.4) is 0 Å². The first-order valence-electron chi connectivity index (χ1n) is 9.32. The smallest absolute Gasteiger partial charge is 0.0801 e. The summed E-state index contributed by atoms with van der Waals surface area (Å²) in [4.78, 5) is 0. The highest BCUT2D eigenvalue weighted by Gasteiger charge is 2.27. The summed E-state index contributed by atoms with van der Waals surface area (Å²) < 4.78 is 0. The van der Waals surface area contributed by atoms with Crippen LogP contribution >= 0.6 is 0 Å². The van der Waals surface area contributed by atoms with Crippen LogP contribution in [-0.4, -0.2) is 8.80 Å². The molecule has 0 spiro atoms. The maximum Gasteiger partial charge on any atom is 0.119 e. The normalized spacial score (nSPS) is 14.5. The van der Waals surface area contributed by atoms with E-state index in [0.717, 1.165) is 12.8 Å². The van der Waals surface area contributed by atoms with Crippen molar-refractivity contribution in [1.29, 1.82) is 0 Å². The van der Waals surface area contributed by atoms with E-state index in [1.165, 1.54) is 33.0 Å². The molecular formula is C25H21Si. The van der Waals surface area contributed by atoms with Crippen LogP contribution in [0, 0.1) is 0 Å². The van der Waals surface area contributed by atoms with Gasteiger partial charge in [-0.1, -0.05) is 96.7 Å². The zero-order chi connectivity index (χ0) is 17.5. The lowest BCUT2D eigenvalue weighted by Gasteiger charge is -2.20. The monoisotopic (exact) mass is 349 g/mol. The van der Waals surface area contributed by atoms with E-state index in [4.69, 9.17) is 0 Å². The topological polar surface area (TPSA) is 0 Å². The van der Waals surface area contributed by atoms with Gasteiger partial charge < -0.3 is 0 Å². The summed E-state index contributed by atoms with van der Waals surface area (Å²) in [7, 11) is -0.787. The molecule has 2 aliphatic carbocycles. The van der Waals surface area contributed by atoms with E-state index in [2.05, 4.69) is 91.5 Å². The summed E-state index contributed by atoms with van der Waals surface area (Å²) in [6.07, 6.45) is 8.94. The van der Waals surface area contributed by atoms with Crippen molar-refractivity contribution >= 4 is 24.7 Å². The summed E-state index contributed by atoms with van der Waals surface area (Å²) in [6, 6.07) is 24.7. The van der Waals surface area contributed by atoms with Crippen LogP contribution in [0.2, 0.25) is 6.55 Å². The van der Waals surface area contributed by atoms with E-state index in [1.54, 1.807) is 10.8 Å². The van der Waals surface area contributed by atoms with Crippen molar-refractivity contribution in [3.05, 3.63) is 102 Å². The van der Waals surface area contributed by atoms with E-state index in [9.17, 15) is 0 Å². The molecule has 0 unspecified atom stereocenters. The molecule has 0 saturated heterocycles. The Morgan fingerprint density at radius 2 is 1.62 bits per heavy atom. The minimum atomic E-state index is -0.787. The molecule has 1 radical (unpaired) electrons. The van der Waals surface area contributed by atoms with Crippen molar-refractivity contribution in [2.75, 3.05) is 0 Å². The van der Waals surface area contributed by atoms with Crippen molar-refractivity contribution in [3.8, 4) is 11.1 Å². The molecule has 2 aliphatic rings. The molecule has 3 aromatic rings. The number of benzene rings is 3.